The minimum absolute atomic E-state index is 0.0676. The van der Waals surface area contributed by atoms with E-state index in [9.17, 15) is 14.4 Å². The molecule has 0 aromatic carbocycles. The molecule has 0 aromatic rings. The van der Waals surface area contributed by atoms with E-state index in [0.717, 1.165) is 64.2 Å². The lowest BCUT2D eigenvalue weighted by Gasteiger charge is -2.18. The smallest absolute Gasteiger partial charge is 0.306 e. The van der Waals surface area contributed by atoms with E-state index in [-0.39, 0.29) is 31.1 Å². The molecular weight excluding hydrogens is 841 g/mol. The first-order valence-electron chi connectivity index (χ1n) is 30.7. The normalized spacial score (nSPS) is 12.0. The van der Waals surface area contributed by atoms with Crippen LogP contribution >= 0.6 is 0 Å². The average molecular weight is 960 g/mol. The molecule has 0 aliphatic rings. The minimum atomic E-state index is -0.768. The molecule has 0 aliphatic heterocycles. The molecular formula is C62H118O6. The molecule has 0 fully saturated rings. The van der Waals surface area contributed by atoms with Gasteiger partial charge < -0.3 is 14.2 Å². The molecule has 0 N–H and O–H groups in total. The second-order valence-corrected chi connectivity index (χ2v) is 21.0. The highest BCUT2D eigenvalue weighted by Crippen LogP contribution is 2.18. The van der Waals surface area contributed by atoms with Gasteiger partial charge in [0.1, 0.15) is 13.2 Å². The van der Waals surface area contributed by atoms with Crippen molar-refractivity contribution in [1.29, 1.82) is 0 Å². The fraction of sp³-hybridized carbons (Fsp3) is 0.919. The summed E-state index contributed by atoms with van der Waals surface area (Å²) in [5.41, 5.74) is 0. The summed E-state index contributed by atoms with van der Waals surface area (Å²) in [4.78, 5) is 38.1. The summed E-state index contributed by atoms with van der Waals surface area (Å²) in [7, 11) is 0. The first kappa shape index (κ1) is 66.2. The van der Waals surface area contributed by atoms with Gasteiger partial charge in [0.25, 0.3) is 0 Å². The Morgan fingerprint density at radius 3 is 0.765 bits per heavy atom. The van der Waals surface area contributed by atoms with Crippen LogP contribution < -0.4 is 0 Å². The topological polar surface area (TPSA) is 78.9 Å². The molecule has 1 unspecified atom stereocenters. The standard InChI is InChI=1S/C62H118O6/c1-4-7-10-13-16-19-22-25-26-27-28-29-30-31-32-33-34-35-36-37-38-41-43-46-49-52-55-61(64)67-58-59(68-62(65)56-53-50-47-44-40-24-21-18-15-12-9-6-3)57-66-60(63)54-51-48-45-42-39-23-20-17-14-11-8-5-2/h18,21,59H,4-17,19-20,22-58H2,1-3H3/b21-18-. The van der Waals surface area contributed by atoms with Crippen LogP contribution in [0.15, 0.2) is 12.2 Å². The predicted octanol–water partition coefficient (Wildman–Crippen LogP) is 20.5. The van der Waals surface area contributed by atoms with Crippen molar-refractivity contribution in [2.45, 2.75) is 354 Å². The number of hydrogen-bond donors (Lipinski definition) is 0. The zero-order valence-electron chi connectivity index (χ0n) is 46.2. The van der Waals surface area contributed by atoms with Crippen LogP contribution in [0.4, 0.5) is 0 Å². The number of ether oxygens (including phenoxy) is 3. The van der Waals surface area contributed by atoms with E-state index >= 15 is 0 Å². The Balaban J connectivity index is 4.12. The Hall–Kier alpha value is -1.85. The Labute approximate surface area is 424 Å². The maximum absolute atomic E-state index is 12.8. The highest BCUT2D eigenvalue weighted by Gasteiger charge is 2.19. The quantitative estimate of drug-likeness (QED) is 0.0262. The van der Waals surface area contributed by atoms with Gasteiger partial charge in [-0.3, -0.25) is 14.4 Å². The first-order valence-corrected chi connectivity index (χ1v) is 30.7. The maximum atomic E-state index is 12.8. The van der Waals surface area contributed by atoms with Gasteiger partial charge in [-0.05, 0) is 44.9 Å². The number of allylic oxidation sites excluding steroid dienone is 2. The zero-order chi connectivity index (χ0) is 49.3. The van der Waals surface area contributed by atoms with Crippen molar-refractivity contribution in [3.8, 4) is 0 Å². The largest absolute Gasteiger partial charge is 0.462 e. The summed E-state index contributed by atoms with van der Waals surface area (Å²) >= 11 is 0. The monoisotopic (exact) mass is 959 g/mol. The lowest BCUT2D eigenvalue weighted by Crippen LogP contribution is -2.30. The van der Waals surface area contributed by atoms with Crippen molar-refractivity contribution in [1.82, 2.24) is 0 Å². The van der Waals surface area contributed by atoms with Crippen LogP contribution in [0.25, 0.3) is 0 Å². The van der Waals surface area contributed by atoms with Crippen LogP contribution in [0.1, 0.15) is 348 Å². The number of carbonyl (C=O) groups excluding carboxylic acids is 3. The van der Waals surface area contributed by atoms with Gasteiger partial charge in [-0.1, -0.05) is 296 Å². The maximum Gasteiger partial charge on any atom is 0.306 e. The number of carbonyl (C=O) groups is 3. The summed E-state index contributed by atoms with van der Waals surface area (Å²) in [6, 6.07) is 0. The molecule has 6 heteroatoms. The van der Waals surface area contributed by atoms with E-state index in [1.807, 2.05) is 0 Å². The molecule has 0 amide bonds. The number of hydrogen-bond acceptors (Lipinski definition) is 6. The summed E-state index contributed by atoms with van der Waals surface area (Å²) < 4.78 is 16.9. The first-order chi connectivity index (χ1) is 33.5. The molecule has 0 rings (SSSR count). The van der Waals surface area contributed by atoms with Crippen LogP contribution in [0.3, 0.4) is 0 Å². The lowest BCUT2D eigenvalue weighted by molar-refractivity contribution is -0.167. The van der Waals surface area contributed by atoms with Gasteiger partial charge in [0.05, 0.1) is 0 Å². The molecule has 0 aliphatic carbocycles. The zero-order valence-corrected chi connectivity index (χ0v) is 46.2. The third-order valence-corrected chi connectivity index (χ3v) is 14.0. The summed E-state index contributed by atoms with van der Waals surface area (Å²) in [5, 5.41) is 0. The lowest BCUT2D eigenvalue weighted by atomic mass is 10.0. The number of unbranched alkanes of at least 4 members (excludes halogenated alkanes) is 44. The van der Waals surface area contributed by atoms with Crippen LogP contribution in [-0.2, 0) is 28.6 Å². The molecule has 0 bridgehead atoms. The molecule has 0 saturated carbocycles. The van der Waals surface area contributed by atoms with Crippen LogP contribution in [0.2, 0.25) is 0 Å². The Morgan fingerprint density at radius 1 is 0.279 bits per heavy atom. The van der Waals surface area contributed by atoms with E-state index in [0.29, 0.717) is 19.3 Å². The van der Waals surface area contributed by atoms with Gasteiger partial charge in [-0.15, -0.1) is 0 Å². The van der Waals surface area contributed by atoms with Gasteiger partial charge in [0, 0.05) is 19.3 Å². The average Bonchev–Trinajstić information content (AvgIpc) is 3.34. The molecule has 68 heavy (non-hydrogen) atoms. The molecule has 0 aromatic heterocycles. The molecule has 0 saturated heterocycles. The predicted molar refractivity (Wildman–Crippen MR) is 293 cm³/mol. The van der Waals surface area contributed by atoms with Crippen molar-refractivity contribution in [2.75, 3.05) is 13.2 Å². The third kappa shape index (κ3) is 55.1. The fourth-order valence-electron chi connectivity index (χ4n) is 9.38. The molecule has 402 valence electrons. The van der Waals surface area contributed by atoms with Crippen molar-refractivity contribution in [3.63, 3.8) is 0 Å². The Morgan fingerprint density at radius 2 is 0.485 bits per heavy atom. The van der Waals surface area contributed by atoms with Gasteiger partial charge in [-0.2, -0.15) is 0 Å². The van der Waals surface area contributed by atoms with Gasteiger partial charge in [0.2, 0.25) is 0 Å². The number of rotatable bonds is 57. The van der Waals surface area contributed by atoms with E-state index in [1.54, 1.807) is 0 Å². The molecule has 0 heterocycles. The van der Waals surface area contributed by atoms with E-state index in [2.05, 4.69) is 32.9 Å². The molecule has 6 nitrogen and oxygen atoms in total. The highest BCUT2D eigenvalue weighted by molar-refractivity contribution is 5.71. The third-order valence-electron chi connectivity index (χ3n) is 14.0. The van der Waals surface area contributed by atoms with Crippen LogP contribution in [-0.4, -0.2) is 37.2 Å². The number of esters is 3. The van der Waals surface area contributed by atoms with E-state index in [4.69, 9.17) is 14.2 Å². The highest BCUT2D eigenvalue weighted by atomic mass is 16.6. The van der Waals surface area contributed by atoms with E-state index < -0.39 is 6.10 Å². The molecule has 1 atom stereocenters. The van der Waals surface area contributed by atoms with Crippen molar-refractivity contribution >= 4 is 17.9 Å². The van der Waals surface area contributed by atoms with Gasteiger partial charge in [-0.25, -0.2) is 0 Å². The molecule has 0 radical (unpaired) electrons. The van der Waals surface area contributed by atoms with Crippen LogP contribution in [0.5, 0.6) is 0 Å². The van der Waals surface area contributed by atoms with E-state index in [1.165, 1.54) is 244 Å². The second kappa shape index (κ2) is 57.7. The van der Waals surface area contributed by atoms with Crippen molar-refractivity contribution in [2.24, 2.45) is 0 Å². The van der Waals surface area contributed by atoms with Crippen LogP contribution in [0, 0.1) is 0 Å². The van der Waals surface area contributed by atoms with Crippen molar-refractivity contribution in [3.05, 3.63) is 12.2 Å². The Bertz CT molecular complexity index is 1060. The summed E-state index contributed by atoms with van der Waals surface area (Å²) in [6.07, 6.45) is 66.6. The van der Waals surface area contributed by atoms with Crippen molar-refractivity contribution < 1.29 is 28.6 Å². The summed E-state index contributed by atoms with van der Waals surface area (Å²) in [6.45, 7) is 6.66. The Kier molecular flexibility index (Phi) is 56.2. The SMILES string of the molecule is CCCCC/C=C\CCCCCCCC(=O)OC(COC(=O)CCCCCCCCCCCCCC)COC(=O)CCCCCCCCCCCCCCCCCCCCCCCCCCCC. The second-order valence-electron chi connectivity index (χ2n) is 21.0. The molecule has 0 spiro atoms. The minimum Gasteiger partial charge on any atom is -0.462 e. The van der Waals surface area contributed by atoms with Gasteiger partial charge in [0.15, 0.2) is 6.10 Å². The van der Waals surface area contributed by atoms with Gasteiger partial charge >= 0.3 is 17.9 Å². The fourth-order valence-corrected chi connectivity index (χ4v) is 9.38. The summed E-state index contributed by atoms with van der Waals surface area (Å²) in [5.74, 6) is -0.853.